The smallest absolute Gasteiger partial charge is 0.254 e. The topological polar surface area (TPSA) is 70.2 Å². The summed E-state index contributed by atoms with van der Waals surface area (Å²) in [5.41, 5.74) is 1.67. The van der Waals surface area contributed by atoms with Gasteiger partial charge in [-0.25, -0.2) is 0 Å². The number of ether oxygens (including phenoxy) is 1. The first-order valence-corrected chi connectivity index (χ1v) is 11.5. The number of rotatable bonds is 4. The van der Waals surface area contributed by atoms with Gasteiger partial charge in [0.2, 0.25) is 11.8 Å². The van der Waals surface area contributed by atoms with Crippen molar-refractivity contribution in [3.63, 3.8) is 0 Å². The van der Waals surface area contributed by atoms with Crippen LogP contribution in [0.2, 0.25) is 0 Å². The van der Waals surface area contributed by atoms with E-state index in [-0.39, 0.29) is 29.7 Å². The quantitative estimate of drug-likeness (QED) is 0.720. The van der Waals surface area contributed by atoms with E-state index in [4.69, 9.17) is 4.74 Å². The summed E-state index contributed by atoms with van der Waals surface area (Å²) >= 11 is 0. The Hall–Kier alpha value is -3.35. The second-order valence-electron chi connectivity index (χ2n) is 8.72. The monoisotopic (exact) mass is 449 g/mol. The molecule has 2 aliphatic rings. The molecule has 174 valence electrons. The highest BCUT2D eigenvalue weighted by Gasteiger charge is 2.38. The van der Waals surface area contributed by atoms with Crippen LogP contribution in [0.15, 0.2) is 54.6 Å². The number of piperidine rings is 1. The van der Waals surface area contributed by atoms with Gasteiger partial charge in [0.05, 0.1) is 19.1 Å². The van der Waals surface area contributed by atoms with Crippen LogP contribution < -0.4 is 4.74 Å². The first-order valence-electron chi connectivity index (χ1n) is 11.5. The largest absolute Gasteiger partial charge is 0.497 e. The zero-order chi connectivity index (χ0) is 23.4. The van der Waals surface area contributed by atoms with Crippen LogP contribution in [0.1, 0.15) is 41.7 Å². The maximum absolute atomic E-state index is 13.6. The number of hydrogen-bond donors (Lipinski definition) is 0. The SMILES string of the molecule is COc1ccc(C(=O)N2CC(C(=O)N3CCN(C(C)=O)CC3)CCC2c2ccccc2)cc1. The zero-order valence-electron chi connectivity index (χ0n) is 19.3. The van der Waals surface area contributed by atoms with E-state index in [1.54, 1.807) is 43.2 Å². The van der Waals surface area contributed by atoms with Crippen LogP contribution in [0, 0.1) is 5.92 Å². The molecule has 0 radical (unpaired) electrons. The third-order valence-electron chi connectivity index (χ3n) is 6.75. The van der Waals surface area contributed by atoms with Gasteiger partial charge in [0.1, 0.15) is 5.75 Å². The molecule has 2 heterocycles. The average Bonchev–Trinajstić information content (AvgIpc) is 2.88. The minimum Gasteiger partial charge on any atom is -0.497 e. The van der Waals surface area contributed by atoms with Crippen molar-refractivity contribution in [3.8, 4) is 5.75 Å². The van der Waals surface area contributed by atoms with Crippen molar-refractivity contribution in [3.05, 3.63) is 65.7 Å². The minimum atomic E-state index is -0.240. The summed E-state index contributed by atoms with van der Waals surface area (Å²) in [4.78, 5) is 44.0. The summed E-state index contributed by atoms with van der Waals surface area (Å²) in [5, 5.41) is 0. The normalized spacial score (nSPS) is 21.0. The molecule has 0 aliphatic carbocycles. The van der Waals surface area contributed by atoms with Gasteiger partial charge in [-0.1, -0.05) is 30.3 Å². The van der Waals surface area contributed by atoms with Crippen molar-refractivity contribution in [1.82, 2.24) is 14.7 Å². The van der Waals surface area contributed by atoms with Gasteiger partial charge in [-0.05, 0) is 42.7 Å². The summed E-state index contributed by atoms with van der Waals surface area (Å²) < 4.78 is 5.22. The predicted molar refractivity (Wildman–Crippen MR) is 125 cm³/mol. The molecule has 0 aromatic heterocycles. The van der Waals surface area contributed by atoms with Crippen molar-refractivity contribution >= 4 is 17.7 Å². The lowest BCUT2D eigenvalue weighted by Gasteiger charge is -2.42. The number of piperazine rings is 1. The molecule has 0 bridgehead atoms. The predicted octanol–water partition coefficient (Wildman–Crippen LogP) is 2.98. The minimum absolute atomic E-state index is 0.0433. The first-order chi connectivity index (χ1) is 16.0. The van der Waals surface area contributed by atoms with E-state index in [1.165, 1.54) is 0 Å². The molecule has 0 saturated carbocycles. The molecule has 7 nitrogen and oxygen atoms in total. The second kappa shape index (κ2) is 10.1. The number of carbonyl (C=O) groups excluding carboxylic acids is 3. The molecule has 0 spiro atoms. The van der Waals surface area contributed by atoms with Gasteiger partial charge >= 0.3 is 0 Å². The fraction of sp³-hybridized carbons (Fsp3) is 0.423. The van der Waals surface area contributed by atoms with E-state index in [0.29, 0.717) is 44.0 Å². The molecule has 2 unspecified atom stereocenters. The molecule has 7 heteroatoms. The molecule has 2 aromatic rings. The molecular weight excluding hydrogens is 418 g/mol. The number of amides is 3. The van der Waals surface area contributed by atoms with E-state index < -0.39 is 0 Å². The van der Waals surface area contributed by atoms with Crippen molar-refractivity contribution in [2.45, 2.75) is 25.8 Å². The van der Waals surface area contributed by atoms with E-state index in [0.717, 1.165) is 18.4 Å². The van der Waals surface area contributed by atoms with Gasteiger partial charge in [0.25, 0.3) is 5.91 Å². The Balaban J connectivity index is 1.53. The van der Waals surface area contributed by atoms with E-state index in [2.05, 4.69) is 0 Å². The average molecular weight is 450 g/mol. The van der Waals surface area contributed by atoms with Crippen LogP contribution in [-0.2, 0) is 9.59 Å². The lowest BCUT2D eigenvalue weighted by Crippen LogP contribution is -2.54. The van der Waals surface area contributed by atoms with Crippen LogP contribution in [0.3, 0.4) is 0 Å². The third-order valence-corrected chi connectivity index (χ3v) is 6.75. The number of hydrogen-bond acceptors (Lipinski definition) is 4. The Morgan fingerprint density at radius 2 is 1.48 bits per heavy atom. The van der Waals surface area contributed by atoms with Crippen molar-refractivity contribution in [2.24, 2.45) is 5.92 Å². The Bertz CT molecular complexity index is 984. The fourth-order valence-electron chi connectivity index (χ4n) is 4.82. The Labute approximate surface area is 194 Å². The van der Waals surface area contributed by atoms with Crippen LogP contribution >= 0.6 is 0 Å². The molecule has 3 amide bonds. The van der Waals surface area contributed by atoms with Gasteiger partial charge in [-0.15, -0.1) is 0 Å². The molecule has 2 fully saturated rings. The maximum atomic E-state index is 13.6. The second-order valence-corrected chi connectivity index (χ2v) is 8.72. The number of nitrogens with zero attached hydrogens (tertiary/aromatic N) is 3. The van der Waals surface area contributed by atoms with Gasteiger partial charge in [-0.2, -0.15) is 0 Å². The molecule has 33 heavy (non-hydrogen) atoms. The lowest BCUT2D eigenvalue weighted by atomic mass is 9.87. The highest BCUT2D eigenvalue weighted by Crippen LogP contribution is 2.35. The van der Waals surface area contributed by atoms with Crippen LogP contribution in [0.25, 0.3) is 0 Å². The molecular formula is C26H31N3O4. The molecule has 2 atom stereocenters. The number of likely N-dealkylation sites (tertiary alicyclic amines) is 1. The highest BCUT2D eigenvalue weighted by atomic mass is 16.5. The number of benzene rings is 2. The Morgan fingerprint density at radius 3 is 2.09 bits per heavy atom. The fourth-order valence-corrected chi connectivity index (χ4v) is 4.82. The molecule has 2 aliphatic heterocycles. The molecule has 2 saturated heterocycles. The van der Waals surface area contributed by atoms with E-state index in [9.17, 15) is 14.4 Å². The van der Waals surface area contributed by atoms with Crippen LogP contribution in [0.4, 0.5) is 0 Å². The molecule has 0 N–H and O–H groups in total. The van der Waals surface area contributed by atoms with Crippen molar-refractivity contribution < 1.29 is 19.1 Å². The summed E-state index contributed by atoms with van der Waals surface area (Å²) in [6, 6.07) is 17.1. The van der Waals surface area contributed by atoms with Gasteiger partial charge in [0.15, 0.2) is 0 Å². The van der Waals surface area contributed by atoms with Gasteiger partial charge in [0, 0.05) is 45.2 Å². The van der Waals surface area contributed by atoms with Gasteiger partial charge in [-0.3, -0.25) is 14.4 Å². The van der Waals surface area contributed by atoms with Crippen molar-refractivity contribution in [2.75, 3.05) is 39.8 Å². The zero-order valence-corrected chi connectivity index (χ0v) is 19.3. The Morgan fingerprint density at radius 1 is 0.848 bits per heavy atom. The highest BCUT2D eigenvalue weighted by molar-refractivity contribution is 5.95. The number of methoxy groups -OCH3 is 1. The molecule has 2 aromatic carbocycles. The molecule has 4 rings (SSSR count). The lowest BCUT2D eigenvalue weighted by molar-refractivity contribution is -0.142. The summed E-state index contributed by atoms with van der Waals surface area (Å²) in [6.07, 6.45) is 1.47. The third kappa shape index (κ3) is 5.02. The first kappa shape index (κ1) is 22.8. The van der Waals surface area contributed by atoms with Gasteiger partial charge < -0.3 is 19.4 Å². The van der Waals surface area contributed by atoms with Crippen molar-refractivity contribution in [1.29, 1.82) is 0 Å². The van der Waals surface area contributed by atoms with Crippen LogP contribution in [0.5, 0.6) is 5.75 Å². The number of carbonyl (C=O) groups is 3. The maximum Gasteiger partial charge on any atom is 0.254 e. The van der Waals surface area contributed by atoms with Crippen LogP contribution in [-0.4, -0.2) is 72.3 Å². The van der Waals surface area contributed by atoms with E-state index in [1.807, 2.05) is 40.1 Å². The standard InChI is InChI=1S/C26H31N3O4/c1-19(30)27-14-16-28(17-15-27)25(31)22-10-13-24(20-6-4-3-5-7-20)29(18-22)26(32)21-8-11-23(33-2)12-9-21/h3-9,11-12,22,24H,10,13-18H2,1-2H3. The van der Waals surface area contributed by atoms with E-state index >= 15 is 0 Å². The summed E-state index contributed by atoms with van der Waals surface area (Å²) in [5.74, 6) is 0.503. The summed E-state index contributed by atoms with van der Waals surface area (Å²) in [7, 11) is 1.60. The summed E-state index contributed by atoms with van der Waals surface area (Å²) in [6.45, 7) is 4.16. The Kier molecular flexibility index (Phi) is 6.96.